The highest BCUT2D eigenvalue weighted by Gasteiger charge is 2.38. The van der Waals surface area contributed by atoms with Crippen molar-refractivity contribution < 1.29 is 22.3 Å². The molecule has 0 heterocycles. The van der Waals surface area contributed by atoms with Crippen molar-refractivity contribution in [3.8, 4) is 0 Å². The van der Waals surface area contributed by atoms with Crippen molar-refractivity contribution in [2.45, 2.75) is 12.2 Å². The highest BCUT2D eigenvalue weighted by molar-refractivity contribution is 7.92. The largest absolute Gasteiger partial charge is 0.369 e. The molecule has 0 aliphatic heterocycles. The molecule has 0 aromatic carbocycles. The summed E-state index contributed by atoms with van der Waals surface area (Å²) in [5.74, 6) is -0.830. The molecule has 0 saturated carbocycles. The fourth-order valence-corrected chi connectivity index (χ4v) is 6.95. The average Bonchev–Trinajstić information content (AvgIpc) is 2.60. The van der Waals surface area contributed by atoms with E-state index in [1.54, 1.807) is 0 Å². The molecule has 0 bridgehead atoms. The molecular weight excluding hydrogens is 483 g/mol. The van der Waals surface area contributed by atoms with Crippen molar-refractivity contribution >= 4 is 69.8 Å². The lowest BCUT2D eigenvalue weighted by Crippen LogP contribution is -2.39. The van der Waals surface area contributed by atoms with Gasteiger partial charge in [0.05, 0.1) is 12.4 Å². The molecule has 8 nitrogen and oxygen atoms in total. The van der Waals surface area contributed by atoms with Crippen molar-refractivity contribution in [3.63, 3.8) is 0 Å². The van der Waals surface area contributed by atoms with Crippen LogP contribution in [0.3, 0.4) is 0 Å². The number of nitrogens with zero attached hydrogens (tertiary/aromatic N) is 2. The van der Waals surface area contributed by atoms with Gasteiger partial charge in [0.2, 0.25) is 5.91 Å². The van der Waals surface area contributed by atoms with Crippen LogP contribution in [0.1, 0.15) is 6.92 Å². The van der Waals surface area contributed by atoms with Crippen molar-refractivity contribution in [2.75, 3.05) is 62.1 Å². The molecule has 0 radical (unpaired) electrons. The number of hydrogen-bond donors (Lipinski definition) is 1. The molecule has 0 aliphatic carbocycles. The third kappa shape index (κ3) is 8.93. The predicted molar refractivity (Wildman–Crippen MR) is 112 cm³/mol. The third-order valence-corrected chi connectivity index (χ3v) is 9.12. The third-order valence-electron chi connectivity index (χ3n) is 3.65. The first-order chi connectivity index (χ1) is 12.6. The van der Waals surface area contributed by atoms with Gasteiger partial charge in [0.15, 0.2) is 9.84 Å². The molecule has 0 saturated heterocycles. The molecule has 0 spiro atoms. The lowest BCUT2D eigenvalue weighted by atomic mass is 10.5. The second-order valence-corrected chi connectivity index (χ2v) is 11.7. The van der Waals surface area contributed by atoms with E-state index >= 15 is 0 Å². The lowest BCUT2D eigenvalue weighted by Gasteiger charge is -2.37. The van der Waals surface area contributed by atoms with E-state index in [9.17, 15) is 17.8 Å². The van der Waals surface area contributed by atoms with Crippen LogP contribution in [0.4, 0.5) is 0 Å². The van der Waals surface area contributed by atoms with Crippen molar-refractivity contribution in [2.24, 2.45) is 5.73 Å². The summed E-state index contributed by atoms with van der Waals surface area (Å²) in [7, 11) is -7.54. The molecule has 27 heavy (non-hydrogen) atoms. The Balaban J connectivity index is 5.52. The molecule has 0 aromatic heterocycles. The van der Waals surface area contributed by atoms with E-state index in [-0.39, 0.29) is 49.7 Å². The minimum atomic E-state index is -3.84. The smallest absolute Gasteiger partial charge is 0.346 e. The second-order valence-electron chi connectivity index (χ2n) is 5.40. The van der Waals surface area contributed by atoms with E-state index in [4.69, 9.17) is 56.7 Å². The number of alkyl halides is 4. The van der Waals surface area contributed by atoms with Gasteiger partial charge in [0, 0.05) is 49.7 Å². The van der Waals surface area contributed by atoms with E-state index in [1.807, 2.05) is 0 Å². The molecular formula is C13H26Cl4N3O5PS. The number of nitrogens with two attached hydrogens (primary N) is 1. The summed E-state index contributed by atoms with van der Waals surface area (Å²) >= 11 is 23.2. The van der Waals surface area contributed by atoms with Crippen molar-refractivity contribution in [1.29, 1.82) is 0 Å². The minimum Gasteiger partial charge on any atom is -0.369 e. The van der Waals surface area contributed by atoms with Gasteiger partial charge in [-0.2, -0.15) is 0 Å². The summed E-state index contributed by atoms with van der Waals surface area (Å²) in [6, 6.07) is 0. The van der Waals surface area contributed by atoms with Gasteiger partial charge in [-0.3, -0.25) is 9.36 Å². The summed E-state index contributed by atoms with van der Waals surface area (Å²) in [5.41, 5.74) is 5.05. The Morgan fingerprint density at radius 2 is 1.37 bits per heavy atom. The number of primary amides is 1. The molecule has 2 N–H and O–H groups in total. The number of amides is 1. The second kappa shape index (κ2) is 13.8. The number of sulfone groups is 1. The quantitative estimate of drug-likeness (QED) is 0.250. The van der Waals surface area contributed by atoms with Crippen LogP contribution in [0.2, 0.25) is 0 Å². The zero-order chi connectivity index (χ0) is 21.1. The van der Waals surface area contributed by atoms with E-state index in [0.717, 1.165) is 0 Å². The van der Waals surface area contributed by atoms with E-state index in [1.165, 1.54) is 16.3 Å². The normalized spacial score (nSPS) is 14.0. The van der Waals surface area contributed by atoms with Gasteiger partial charge in [-0.1, -0.05) is 0 Å². The highest BCUT2D eigenvalue weighted by atomic mass is 35.5. The standard InChI is InChI=1S/C13H26Cl4N3O5PS/c1-12(13(18)21)27(23,24)11-10-25-26(22,19(6-2-14)7-3-15)20(8-4-16)9-5-17/h12H,2-11H2,1H3,(H2,18,21). The molecule has 1 atom stereocenters. The van der Waals surface area contributed by atoms with Gasteiger partial charge in [0.1, 0.15) is 5.25 Å². The van der Waals surface area contributed by atoms with E-state index in [2.05, 4.69) is 0 Å². The first-order valence-electron chi connectivity index (χ1n) is 8.10. The summed E-state index contributed by atoms with van der Waals surface area (Å²) in [6.45, 7) is 1.61. The van der Waals surface area contributed by atoms with Crippen LogP contribution in [0.25, 0.3) is 0 Å². The van der Waals surface area contributed by atoms with E-state index < -0.39 is 41.0 Å². The number of hydrogen-bond acceptors (Lipinski definition) is 5. The molecule has 1 unspecified atom stereocenters. The summed E-state index contributed by atoms with van der Waals surface area (Å²) in [6.07, 6.45) is 0. The first kappa shape index (κ1) is 27.7. The number of halogens is 4. The maximum Gasteiger partial charge on any atom is 0.346 e. The Morgan fingerprint density at radius 3 is 1.67 bits per heavy atom. The van der Waals surface area contributed by atoms with Gasteiger partial charge in [-0.15, -0.1) is 46.4 Å². The average molecular weight is 509 g/mol. The number of carbonyl (C=O) groups is 1. The Kier molecular flexibility index (Phi) is 14.2. The van der Waals surface area contributed by atoms with Crippen LogP contribution in [0.5, 0.6) is 0 Å². The summed E-state index contributed by atoms with van der Waals surface area (Å²) in [4.78, 5) is 11.1. The molecule has 0 aliphatic rings. The summed E-state index contributed by atoms with van der Waals surface area (Å²) in [5, 5.41) is -1.37. The van der Waals surface area contributed by atoms with Crippen LogP contribution in [0.15, 0.2) is 0 Å². The molecule has 0 rings (SSSR count). The molecule has 0 fully saturated rings. The molecule has 14 heteroatoms. The topological polar surface area (TPSA) is 110 Å². The molecule has 0 aromatic rings. The molecule has 1 amide bonds. The minimum absolute atomic E-state index is 0.164. The zero-order valence-electron chi connectivity index (χ0n) is 15.0. The first-order valence-corrected chi connectivity index (χ1v) is 13.5. The lowest BCUT2D eigenvalue weighted by molar-refractivity contribution is -0.117. The van der Waals surface area contributed by atoms with Gasteiger partial charge in [-0.05, 0) is 6.92 Å². The zero-order valence-corrected chi connectivity index (χ0v) is 19.8. The van der Waals surface area contributed by atoms with Crippen molar-refractivity contribution in [1.82, 2.24) is 9.34 Å². The van der Waals surface area contributed by atoms with Crippen LogP contribution in [-0.4, -0.2) is 91.0 Å². The highest BCUT2D eigenvalue weighted by Crippen LogP contribution is 2.54. The van der Waals surface area contributed by atoms with Crippen molar-refractivity contribution in [3.05, 3.63) is 0 Å². The van der Waals surface area contributed by atoms with Crippen LogP contribution in [0, 0.1) is 0 Å². The Morgan fingerprint density at radius 1 is 1.00 bits per heavy atom. The SMILES string of the molecule is CC(C(N)=O)S(=O)(=O)CCOP(=O)(N(CCCl)CCCl)N(CCCl)CCCl. The van der Waals surface area contributed by atoms with E-state index in [0.29, 0.717) is 0 Å². The summed E-state index contributed by atoms with van der Waals surface area (Å²) < 4.78 is 46.4. The maximum absolute atomic E-state index is 13.7. The van der Waals surface area contributed by atoms with Gasteiger partial charge in [-0.25, -0.2) is 17.8 Å². The van der Waals surface area contributed by atoms with Crippen LogP contribution < -0.4 is 5.73 Å². The monoisotopic (exact) mass is 507 g/mol. The van der Waals surface area contributed by atoms with Gasteiger partial charge >= 0.3 is 7.67 Å². The Bertz CT molecular complexity index is 566. The molecule has 162 valence electrons. The van der Waals surface area contributed by atoms with Gasteiger partial charge in [0.25, 0.3) is 0 Å². The fourth-order valence-electron chi connectivity index (χ4n) is 2.09. The predicted octanol–water partition coefficient (Wildman–Crippen LogP) is 1.96. The van der Waals surface area contributed by atoms with Crippen LogP contribution >= 0.6 is 54.1 Å². The number of rotatable bonds is 16. The Labute approximate surface area is 181 Å². The fraction of sp³-hybridized carbons (Fsp3) is 0.923. The Hall–Kier alpha value is 0.690. The number of carbonyl (C=O) groups excluding carboxylic acids is 1. The van der Waals surface area contributed by atoms with Gasteiger partial charge < -0.3 is 10.3 Å². The van der Waals surface area contributed by atoms with Crippen LogP contribution in [-0.2, 0) is 23.7 Å². The maximum atomic E-state index is 13.7.